The van der Waals surface area contributed by atoms with Crippen LogP contribution in [0.25, 0.3) is 0 Å². The van der Waals surface area contributed by atoms with Gasteiger partial charge in [0.25, 0.3) is 0 Å². The minimum Gasteiger partial charge on any atom is -0.381 e. The van der Waals surface area contributed by atoms with Crippen LogP contribution >= 0.6 is 22.6 Å². The lowest BCUT2D eigenvalue weighted by Gasteiger charge is -1.98. The van der Waals surface area contributed by atoms with Gasteiger partial charge in [0.1, 0.15) is 0 Å². The third kappa shape index (κ3) is 8.36. The second-order valence-corrected chi connectivity index (χ2v) is 3.27. The van der Waals surface area contributed by atoms with Crippen molar-refractivity contribution in [3.8, 4) is 0 Å². The third-order valence-electron chi connectivity index (χ3n) is 1.01. The van der Waals surface area contributed by atoms with Crippen LogP contribution in [0, 0.1) is 0 Å². The maximum absolute atomic E-state index is 10.4. The molecule has 0 aromatic rings. The standard InChI is InChI=1S/C7H13IO2/c1-2-5-10-6-3-4-7(8)9/h2-6H2,1H3. The summed E-state index contributed by atoms with van der Waals surface area (Å²) in [6.07, 6.45) is 2.56. The summed E-state index contributed by atoms with van der Waals surface area (Å²) in [5, 5.41) is 0. The summed E-state index contributed by atoms with van der Waals surface area (Å²) in [4.78, 5) is 10.4. The van der Waals surface area contributed by atoms with Crippen molar-refractivity contribution in [1.82, 2.24) is 0 Å². The molecule has 0 saturated heterocycles. The van der Waals surface area contributed by atoms with E-state index in [-0.39, 0.29) is 3.79 Å². The van der Waals surface area contributed by atoms with Gasteiger partial charge in [0, 0.05) is 19.6 Å². The molecule has 0 spiro atoms. The number of hydrogen-bond acceptors (Lipinski definition) is 2. The third-order valence-corrected chi connectivity index (χ3v) is 1.55. The molecule has 0 radical (unpaired) electrons. The summed E-state index contributed by atoms with van der Waals surface area (Å²) in [6.45, 7) is 3.61. The van der Waals surface area contributed by atoms with Crippen molar-refractivity contribution in [2.24, 2.45) is 0 Å². The van der Waals surface area contributed by atoms with E-state index in [0.717, 1.165) is 26.1 Å². The molecule has 0 fully saturated rings. The Hall–Kier alpha value is 0.360. The SMILES string of the molecule is CCCOCCCC(=O)I. The maximum atomic E-state index is 10.4. The van der Waals surface area contributed by atoms with Crippen LogP contribution < -0.4 is 0 Å². The summed E-state index contributed by atoms with van der Waals surface area (Å²) >= 11 is 1.81. The Bertz CT molecular complexity index is 93.6. The molecular formula is C7H13IO2. The lowest BCUT2D eigenvalue weighted by atomic mass is 10.3. The van der Waals surface area contributed by atoms with Crippen molar-refractivity contribution in [2.75, 3.05) is 13.2 Å². The van der Waals surface area contributed by atoms with Crippen molar-refractivity contribution < 1.29 is 9.53 Å². The van der Waals surface area contributed by atoms with E-state index in [1.54, 1.807) is 0 Å². The number of hydrogen-bond donors (Lipinski definition) is 0. The number of carbonyl (C=O) groups is 1. The highest BCUT2D eigenvalue weighted by Gasteiger charge is 1.93. The molecule has 0 aromatic heterocycles. The fourth-order valence-corrected chi connectivity index (χ4v) is 0.941. The van der Waals surface area contributed by atoms with Gasteiger partial charge in [-0.3, -0.25) is 4.79 Å². The van der Waals surface area contributed by atoms with Crippen molar-refractivity contribution in [2.45, 2.75) is 26.2 Å². The van der Waals surface area contributed by atoms with Crippen molar-refractivity contribution in [1.29, 1.82) is 0 Å². The Morgan fingerprint density at radius 2 is 2.20 bits per heavy atom. The molecule has 3 heteroatoms. The molecule has 0 saturated carbocycles. The molecule has 60 valence electrons. The Kier molecular flexibility index (Phi) is 7.74. The molecule has 2 nitrogen and oxygen atoms in total. The Balaban J connectivity index is 2.84. The zero-order valence-corrected chi connectivity index (χ0v) is 8.39. The molecule has 0 rings (SSSR count). The first-order valence-electron chi connectivity index (χ1n) is 3.53. The molecule has 10 heavy (non-hydrogen) atoms. The fraction of sp³-hybridized carbons (Fsp3) is 0.857. The van der Waals surface area contributed by atoms with Crippen LogP contribution in [0.2, 0.25) is 0 Å². The van der Waals surface area contributed by atoms with Gasteiger partial charge in [-0.15, -0.1) is 0 Å². The first-order valence-corrected chi connectivity index (χ1v) is 4.61. The van der Waals surface area contributed by atoms with E-state index >= 15 is 0 Å². The zero-order chi connectivity index (χ0) is 7.82. The average molecular weight is 256 g/mol. The molecule has 0 atom stereocenters. The van der Waals surface area contributed by atoms with E-state index in [4.69, 9.17) is 4.74 Å². The highest BCUT2D eigenvalue weighted by Crippen LogP contribution is 1.97. The lowest BCUT2D eigenvalue weighted by Crippen LogP contribution is -1.97. The van der Waals surface area contributed by atoms with Crippen LogP contribution in [0.4, 0.5) is 0 Å². The predicted octanol–water partition coefficient (Wildman–Crippen LogP) is 2.15. The Morgan fingerprint density at radius 1 is 1.50 bits per heavy atom. The summed E-state index contributed by atoms with van der Waals surface area (Å²) < 4.78 is 5.40. The van der Waals surface area contributed by atoms with E-state index in [2.05, 4.69) is 6.92 Å². The van der Waals surface area contributed by atoms with Crippen LogP contribution in [-0.4, -0.2) is 17.0 Å². The highest BCUT2D eigenvalue weighted by atomic mass is 127. The topological polar surface area (TPSA) is 26.3 Å². The van der Waals surface area contributed by atoms with Gasteiger partial charge in [0.05, 0.1) is 0 Å². The molecular weight excluding hydrogens is 243 g/mol. The van der Waals surface area contributed by atoms with Crippen LogP contribution in [-0.2, 0) is 9.53 Å². The number of halogens is 1. The van der Waals surface area contributed by atoms with Gasteiger partial charge in [0.2, 0.25) is 0 Å². The average Bonchev–Trinajstić information content (AvgIpc) is 1.87. The van der Waals surface area contributed by atoms with Gasteiger partial charge in [-0.25, -0.2) is 0 Å². The first-order chi connectivity index (χ1) is 4.77. The molecule has 0 bridgehead atoms. The second kappa shape index (κ2) is 7.47. The minimum absolute atomic E-state index is 0.220. The molecule has 0 heterocycles. The van der Waals surface area contributed by atoms with Gasteiger partial charge in [-0.1, -0.05) is 6.92 Å². The van der Waals surface area contributed by atoms with Crippen molar-refractivity contribution in [3.63, 3.8) is 0 Å². The molecule has 0 N–H and O–H groups in total. The monoisotopic (exact) mass is 256 g/mol. The summed E-state index contributed by atoms with van der Waals surface area (Å²) in [7, 11) is 0. The van der Waals surface area contributed by atoms with Gasteiger partial charge >= 0.3 is 0 Å². The summed E-state index contributed by atoms with van der Waals surface area (Å²) in [5.41, 5.74) is 0. The lowest BCUT2D eigenvalue weighted by molar-refractivity contribution is -0.109. The molecule has 0 aliphatic carbocycles. The summed E-state index contributed by atoms with van der Waals surface area (Å²) in [5.74, 6) is 0. The largest absolute Gasteiger partial charge is 0.381 e. The summed E-state index contributed by atoms with van der Waals surface area (Å²) in [6, 6.07) is 0. The van der Waals surface area contributed by atoms with Gasteiger partial charge < -0.3 is 4.74 Å². The Labute approximate surface area is 75.5 Å². The smallest absolute Gasteiger partial charge is 0.192 e. The van der Waals surface area contributed by atoms with E-state index in [1.165, 1.54) is 0 Å². The molecule has 0 aliphatic heterocycles. The Morgan fingerprint density at radius 3 is 2.70 bits per heavy atom. The quantitative estimate of drug-likeness (QED) is 0.413. The van der Waals surface area contributed by atoms with Crippen molar-refractivity contribution in [3.05, 3.63) is 0 Å². The molecule has 0 amide bonds. The minimum atomic E-state index is 0.220. The van der Waals surface area contributed by atoms with Gasteiger partial charge in [-0.05, 0) is 35.4 Å². The van der Waals surface area contributed by atoms with Crippen molar-refractivity contribution >= 4 is 26.4 Å². The van der Waals surface area contributed by atoms with Crippen LogP contribution in [0.1, 0.15) is 26.2 Å². The van der Waals surface area contributed by atoms with E-state index in [9.17, 15) is 4.79 Å². The predicted molar refractivity (Wildman–Crippen MR) is 49.4 cm³/mol. The second-order valence-electron chi connectivity index (χ2n) is 2.07. The maximum Gasteiger partial charge on any atom is 0.192 e. The van der Waals surface area contributed by atoms with E-state index in [1.807, 2.05) is 22.6 Å². The van der Waals surface area contributed by atoms with E-state index in [0.29, 0.717) is 6.42 Å². The van der Waals surface area contributed by atoms with Crippen LogP contribution in [0.5, 0.6) is 0 Å². The van der Waals surface area contributed by atoms with E-state index < -0.39 is 0 Å². The molecule has 0 aliphatic rings. The van der Waals surface area contributed by atoms with Crippen LogP contribution in [0.15, 0.2) is 0 Å². The normalized spacial score (nSPS) is 9.80. The van der Waals surface area contributed by atoms with Gasteiger partial charge in [-0.2, -0.15) is 0 Å². The number of rotatable bonds is 6. The fourth-order valence-electron chi connectivity index (χ4n) is 0.560. The van der Waals surface area contributed by atoms with Crippen LogP contribution in [0.3, 0.4) is 0 Å². The number of ether oxygens (including phenoxy) is 1. The zero-order valence-electron chi connectivity index (χ0n) is 6.23. The molecule has 0 unspecified atom stereocenters. The first kappa shape index (κ1) is 10.4. The number of carbonyl (C=O) groups excluding carboxylic acids is 1. The highest BCUT2D eigenvalue weighted by molar-refractivity contribution is 14.1. The van der Waals surface area contributed by atoms with Gasteiger partial charge in [0.15, 0.2) is 3.79 Å². The molecule has 0 aromatic carbocycles.